The molecule has 0 saturated heterocycles. The van der Waals surface area contributed by atoms with Gasteiger partial charge in [-0.15, -0.1) is 0 Å². The molecule has 1 aliphatic carbocycles. The molecule has 3 nitrogen and oxygen atoms in total. The predicted octanol–water partition coefficient (Wildman–Crippen LogP) is 2.98. The van der Waals surface area contributed by atoms with Crippen LogP contribution in [-0.2, 0) is 4.79 Å². The van der Waals surface area contributed by atoms with E-state index in [4.69, 9.17) is 0 Å². The molecule has 0 heterocycles. The topological polar surface area (TPSA) is 49.3 Å². The highest BCUT2D eigenvalue weighted by atomic mass is 16.4. The molecule has 18 heavy (non-hydrogen) atoms. The summed E-state index contributed by atoms with van der Waals surface area (Å²) < 4.78 is 0. The molecule has 1 aromatic carbocycles. The first-order valence-corrected chi connectivity index (χ1v) is 6.74. The average Bonchev–Trinajstić information content (AvgIpc) is 3.19. The molecule has 1 saturated carbocycles. The van der Waals surface area contributed by atoms with Crippen LogP contribution in [0.2, 0.25) is 0 Å². The van der Waals surface area contributed by atoms with Crippen molar-refractivity contribution in [3.63, 3.8) is 0 Å². The van der Waals surface area contributed by atoms with E-state index >= 15 is 0 Å². The van der Waals surface area contributed by atoms with E-state index in [2.05, 4.69) is 12.2 Å². The Kier molecular flexibility index (Phi) is 4.37. The Bertz CT molecular complexity index is 387. The first-order valence-electron chi connectivity index (χ1n) is 6.74. The van der Waals surface area contributed by atoms with Crippen molar-refractivity contribution in [2.24, 2.45) is 5.92 Å². The van der Waals surface area contributed by atoms with Gasteiger partial charge in [-0.05, 0) is 24.3 Å². The quantitative estimate of drug-likeness (QED) is 0.778. The highest BCUT2D eigenvalue weighted by Gasteiger charge is 2.28. The van der Waals surface area contributed by atoms with Gasteiger partial charge in [0.05, 0.1) is 0 Å². The molecule has 0 spiro atoms. The van der Waals surface area contributed by atoms with Crippen molar-refractivity contribution in [1.82, 2.24) is 5.32 Å². The maximum atomic E-state index is 11.4. The summed E-state index contributed by atoms with van der Waals surface area (Å²) in [5.74, 6) is 0.0168. The molecule has 98 valence electrons. The summed E-state index contributed by atoms with van der Waals surface area (Å²) >= 11 is 0. The molecule has 2 N–H and O–H groups in total. The monoisotopic (exact) mass is 247 g/mol. The number of carbonyl (C=O) groups is 1. The molecule has 0 aromatic heterocycles. The molecule has 1 aliphatic rings. The van der Waals surface area contributed by atoms with Crippen molar-refractivity contribution in [3.05, 3.63) is 35.9 Å². The van der Waals surface area contributed by atoms with Crippen LogP contribution in [0.3, 0.4) is 0 Å². The third kappa shape index (κ3) is 3.57. The van der Waals surface area contributed by atoms with E-state index in [0.717, 1.165) is 24.3 Å². The van der Waals surface area contributed by atoms with Crippen LogP contribution >= 0.6 is 0 Å². The molecule has 2 rings (SSSR count). The first-order chi connectivity index (χ1) is 8.70. The van der Waals surface area contributed by atoms with Gasteiger partial charge in [0.1, 0.15) is 6.04 Å². The van der Waals surface area contributed by atoms with Crippen molar-refractivity contribution in [2.45, 2.75) is 44.7 Å². The zero-order valence-electron chi connectivity index (χ0n) is 10.8. The van der Waals surface area contributed by atoms with E-state index < -0.39 is 12.0 Å². The zero-order valence-corrected chi connectivity index (χ0v) is 10.8. The van der Waals surface area contributed by atoms with Crippen LogP contribution in [0.1, 0.15) is 44.2 Å². The fourth-order valence-corrected chi connectivity index (χ4v) is 2.30. The lowest BCUT2D eigenvalue weighted by atomic mass is 10.0. The Hall–Kier alpha value is -1.35. The van der Waals surface area contributed by atoms with Crippen LogP contribution in [-0.4, -0.2) is 17.1 Å². The highest BCUT2D eigenvalue weighted by molar-refractivity contribution is 5.75. The van der Waals surface area contributed by atoms with E-state index in [9.17, 15) is 9.90 Å². The van der Waals surface area contributed by atoms with Crippen LogP contribution in [0, 0.1) is 5.92 Å². The molecule has 2 unspecified atom stereocenters. The third-order valence-electron chi connectivity index (χ3n) is 3.59. The van der Waals surface area contributed by atoms with Crippen LogP contribution in [0.5, 0.6) is 0 Å². The average molecular weight is 247 g/mol. The van der Waals surface area contributed by atoms with Crippen molar-refractivity contribution in [1.29, 1.82) is 0 Å². The van der Waals surface area contributed by atoms with E-state index in [1.807, 2.05) is 30.3 Å². The van der Waals surface area contributed by atoms with Gasteiger partial charge in [0.25, 0.3) is 0 Å². The number of rotatable bonds is 7. The Morgan fingerprint density at radius 2 is 2.06 bits per heavy atom. The van der Waals surface area contributed by atoms with Gasteiger partial charge in [-0.2, -0.15) is 0 Å². The fourth-order valence-electron chi connectivity index (χ4n) is 2.30. The van der Waals surface area contributed by atoms with E-state index in [1.54, 1.807) is 0 Å². The maximum Gasteiger partial charge on any atom is 0.325 e. The molecular weight excluding hydrogens is 226 g/mol. The summed E-state index contributed by atoms with van der Waals surface area (Å²) in [5, 5.41) is 12.6. The number of nitrogens with one attached hydrogen (secondary N) is 1. The summed E-state index contributed by atoms with van der Waals surface area (Å²) in [4.78, 5) is 11.4. The van der Waals surface area contributed by atoms with Gasteiger partial charge < -0.3 is 5.11 Å². The smallest absolute Gasteiger partial charge is 0.325 e. The Morgan fingerprint density at radius 3 is 2.56 bits per heavy atom. The normalized spacial score (nSPS) is 18.3. The van der Waals surface area contributed by atoms with Crippen molar-refractivity contribution in [2.75, 3.05) is 0 Å². The standard InChI is InChI=1S/C15H21NO2/c1-2-13(10-11-8-9-11)16-14(15(17)18)12-6-4-3-5-7-12/h3-7,11,13-14,16H,2,8-10H2,1H3,(H,17,18). The largest absolute Gasteiger partial charge is 0.480 e. The van der Waals surface area contributed by atoms with Gasteiger partial charge in [-0.25, -0.2) is 0 Å². The molecule has 0 amide bonds. The van der Waals surface area contributed by atoms with Gasteiger partial charge in [0.2, 0.25) is 0 Å². The summed E-state index contributed by atoms with van der Waals surface area (Å²) in [6.07, 6.45) is 4.70. The molecule has 2 atom stereocenters. The molecule has 0 bridgehead atoms. The van der Waals surface area contributed by atoms with Crippen molar-refractivity contribution < 1.29 is 9.90 Å². The minimum absolute atomic E-state index is 0.304. The lowest BCUT2D eigenvalue weighted by Crippen LogP contribution is -2.37. The lowest BCUT2D eigenvalue weighted by Gasteiger charge is -2.22. The Morgan fingerprint density at radius 1 is 1.39 bits per heavy atom. The summed E-state index contributed by atoms with van der Waals surface area (Å²) in [6.45, 7) is 2.12. The number of benzene rings is 1. The molecule has 0 radical (unpaired) electrons. The van der Waals surface area contributed by atoms with Crippen LogP contribution in [0.25, 0.3) is 0 Å². The highest BCUT2D eigenvalue weighted by Crippen LogP contribution is 2.34. The number of hydrogen-bond donors (Lipinski definition) is 2. The van der Waals surface area contributed by atoms with E-state index in [0.29, 0.717) is 6.04 Å². The molecule has 0 aliphatic heterocycles. The van der Waals surface area contributed by atoms with E-state index in [-0.39, 0.29) is 0 Å². The second-order valence-corrected chi connectivity index (χ2v) is 5.13. The summed E-state index contributed by atoms with van der Waals surface area (Å²) in [6, 6.07) is 9.13. The van der Waals surface area contributed by atoms with Gasteiger partial charge in [0.15, 0.2) is 0 Å². The third-order valence-corrected chi connectivity index (χ3v) is 3.59. The summed E-state index contributed by atoms with van der Waals surface area (Å²) in [5.41, 5.74) is 0.833. The van der Waals surface area contributed by atoms with Gasteiger partial charge in [-0.1, -0.05) is 50.1 Å². The SMILES string of the molecule is CCC(CC1CC1)NC(C(=O)O)c1ccccc1. The van der Waals surface area contributed by atoms with Crippen LogP contribution in [0.4, 0.5) is 0 Å². The van der Waals surface area contributed by atoms with Crippen LogP contribution in [0.15, 0.2) is 30.3 Å². The molecule has 1 fully saturated rings. The number of aliphatic carboxylic acids is 1. The van der Waals surface area contributed by atoms with Gasteiger partial charge in [0, 0.05) is 6.04 Å². The molecule has 1 aromatic rings. The van der Waals surface area contributed by atoms with Gasteiger partial charge >= 0.3 is 5.97 Å². The number of carboxylic acids is 1. The van der Waals surface area contributed by atoms with Crippen molar-refractivity contribution >= 4 is 5.97 Å². The predicted molar refractivity (Wildman–Crippen MR) is 71.4 cm³/mol. The fraction of sp³-hybridized carbons (Fsp3) is 0.533. The van der Waals surface area contributed by atoms with E-state index in [1.165, 1.54) is 12.8 Å². The maximum absolute atomic E-state index is 11.4. The number of hydrogen-bond acceptors (Lipinski definition) is 2. The molecular formula is C15H21NO2. The second-order valence-electron chi connectivity index (χ2n) is 5.13. The van der Waals surface area contributed by atoms with Gasteiger partial charge in [-0.3, -0.25) is 10.1 Å². The lowest BCUT2D eigenvalue weighted by molar-refractivity contribution is -0.140. The minimum atomic E-state index is -0.796. The Labute approximate surface area is 108 Å². The number of carboxylic acid groups (broad SMARTS) is 1. The Balaban J connectivity index is 2.02. The summed E-state index contributed by atoms with van der Waals surface area (Å²) in [7, 11) is 0. The second kappa shape index (κ2) is 6.01. The van der Waals surface area contributed by atoms with Crippen LogP contribution < -0.4 is 5.32 Å². The van der Waals surface area contributed by atoms with Crippen molar-refractivity contribution in [3.8, 4) is 0 Å². The first kappa shape index (κ1) is 13.1. The minimum Gasteiger partial charge on any atom is -0.480 e. The zero-order chi connectivity index (χ0) is 13.0. The molecule has 3 heteroatoms.